The van der Waals surface area contributed by atoms with E-state index in [-0.39, 0.29) is 37.2 Å². The summed E-state index contributed by atoms with van der Waals surface area (Å²) in [4.78, 5) is 19.8. The number of nitrogens with one attached hydrogen (secondary N) is 1. The predicted octanol–water partition coefficient (Wildman–Crippen LogP) is 7.03. The molecule has 5 rings (SSSR count). The van der Waals surface area contributed by atoms with Gasteiger partial charge < -0.3 is 19.5 Å². The largest absolute Gasteiger partial charge is 0.573 e. The highest BCUT2D eigenvalue weighted by Gasteiger charge is 2.37. The van der Waals surface area contributed by atoms with Crippen molar-refractivity contribution >= 4 is 46.0 Å². The van der Waals surface area contributed by atoms with E-state index in [1.54, 1.807) is 42.6 Å². The van der Waals surface area contributed by atoms with E-state index in [0.717, 1.165) is 23.4 Å². The second-order valence-corrected chi connectivity index (χ2v) is 10.4. The Bertz CT molecular complexity index is 1510. The fourth-order valence-electron chi connectivity index (χ4n) is 4.59. The number of aromatic nitrogens is 1. The maximum Gasteiger partial charge on any atom is 0.573 e. The van der Waals surface area contributed by atoms with Crippen molar-refractivity contribution in [2.24, 2.45) is 0 Å². The summed E-state index contributed by atoms with van der Waals surface area (Å²) in [6, 6.07) is 20.1. The van der Waals surface area contributed by atoms with E-state index >= 15 is 0 Å². The molecule has 202 valence electrons. The van der Waals surface area contributed by atoms with Crippen LogP contribution in [-0.2, 0) is 5.60 Å². The van der Waals surface area contributed by atoms with Gasteiger partial charge in [0.25, 0.3) is 5.91 Å². The second kappa shape index (κ2) is 11.0. The number of hydrogen-bond acceptors (Lipinski definition) is 6. The Hall–Kier alpha value is -3.47. The van der Waals surface area contributed by atoms with Crippen LogP contribution in [0.3, 0.4) is 0 Å². The third kappa shape index (κ3) is 6.08. The summed E-state index contributed by atoms with van der Waals surface area (Å²) < 4.78 is 47.0. The number of anilines is 1. The van der Waals surface area contributed by atoms with Gasteiger partial charge in [-0.3, -0.25) is 9.78 Å². The van der Waals surface area contributed by atoms with Crippen molar-refractivity contribution in [3.05, 3.63) is 95.1 Å². The number of amides is 1. The summed E-state index contributed by atoms with van der Waals surface area (Å²) >= 11 is 7.35. The lowest BCUT2D eigenvalue weighted by atomic mass is 9.84. The van der Waals surface area contributed by atoms with Gasteiger partial charge in [-0.2, -0.15) is 0 Å². The van der Waals surface area contributed by atoms with Gasteiger partial charge in [0.15, 0.2) is 5.75 Å². The number of pyridine rings is 1. The second-order valence-electron chi connectivity index (χ2n) is 9.10. The van der Waals surface area contributed by atoms with Crippen LogP contribution in [0.1, 0.15) is 28.8 Å². The molecule has 1 saturated heterocycles. The molecule has 1 fully saturated rings. The molecule has 0 spiro atoms. The average molecular weight is 574 g/mol. The van der Waals surface area contributed by atoms with Crippen molar-refractivity contribution < 1.29 is 27.8 Å². The van der Waals surface area contributed by atoms with Gasteiger partial charge in [0.05, 0.1) is 21.7 Å². The topological polar surface area (TPSA) is 74.7 Å². The number of hydrogen-bond donors (Lipinski definition) is 2. The van der Waals surface area contributed by atoms with Gasteiger partial charge in [-0.1, -0.05) is 48.0 Å². The summed E-state index contributed by atoms with van der Waals surface area (Å²) in [5, 5.41) is 12.5. The number of halogens is 4. The fraction of sp³-hybridized carbons (Fsp3) is 0.214. The number of alkyl halides is 3. The zero-order valence-corrected chi connectivity index (χ0v) is 22.0. The van der Waals surface area contributed by atoms with Gasteiger partial charge in [0, 0.05) is 40.8 Å². The van der Waals surface area contributed by atoms with E-state index in [4.69, 9.17) is 11.6 Å². The van der Waals surface area contributed by atoms with E-state index in [2.05, 4.69) is 14.4 Å². The molecule has 0 atom stereocenters. The molecule has 0 bridgehead atoms. The average Bonchev–Trinajstić information content (AvgIpc) is 2.91. The molecule has 6 nitrogen and oxygen atoms in total. The first-order valence-corrected chi connectivity index (χ1v) is 13.3. The molecular weight excluding hydrogens is 551 g/mol. The molecule has 3 aromatic carbocycles. The fourth-order valence-corrected chi connectivity index (χ4v) is 5.70. The Labute approximate surface area is 231 Å². The van der Waals surface area contributed by atoms with Crippen LogP contribution in [0, 0.1) is 0 Å². The van der Waals surface area contributed by atoms with Crippen molar-refractivity contribution in [3.8, 4) is 5.75 Å². The summed E-state index contributed by atoms with van der Waals surface area (Å²) in [6.45, 7) is 0.417. The molecule has 2 N–H and O–H groups in total. The number of benzene rings is 3. The molecule has 1 aliphatic heterocycles. The maximum absolute atomic E-state index is 13.3. The van der Waals surface area contributed by atoms with Crippen LogP contribution in [0.4, 0.5) is 18.9 Å². The standard InChI is InChI=1S/C28H23ClF3N3O3S/c29-21-8-2-1-7-20(21)27(37)12-15-35(16-13-27)26(36)19-10-11-22(23(17-19)38-28(30,31)32)34-39-24-9-3-5-18-6-4-14-33-25(18)24/h1-11,14,17,34,37H,12-13,15-16H2. The van der Waals surface area contributed by atoms with Gasteiger partial charge >= 0.3 is 6.36 Å². The van der Waals surface area contributed by atoms with E-state index in [9.17, 15) is 23.1 Å². The molecule has 1 aromatic heterocycles. The molecule has 1 aliphatic rings. The number of carbonyl (C=O) groups excluding carboxylic acids is 1. The molecule has 0 aliphatic carbocycles. The third-order valence-electron chi connectivity index (χ3n) is 6.57. The summed E-state index contributed by atoms with van der Waals surface area (Å²) in [7, 11) is 0. The maximum atomic E-state index is 13.3. The first kappa shape index (κ1) is 27.1. The van der Waals surface area contributed by atoms with E-state index in [0.29, 0.717) is 21.0 Å². The van der Waals surface area contributed by atoms with E-state index in [1.165, 1.54) is 17.0 Å². The highest BCUT2D eigenvalue weighted by molar-refractivity contribution is 8.00. The lowest BCUT2D eigenvalue weighted by Gasteiger charge is -2.39. The molecular formula is C28H23ClF3N3O3S. The van der Waals surface area contributed by atoms with Gasteiger partial charge in [-0.25, -0.2) is 0 Å². The van der Waals surface area contributed by atoms with Crippen molar-refractivity contribution in [1.82, 2.24) is 9.88 Å². The number of aliphatic hydroxyl groups is 1. The molecule has 4 aromatic rings. The molecule has 11 heteroatoms. The number of rotatable bonds is 6. The zero-order valence-electron chi connectivity index (χ0n) is 20.4. The Morgan fingerprint density at radius 3 is 2.54 bits per heavy atom. The quantitative estimate of drug-likeness (QED) is 0.241. The highest BCUT2D eigenvalue weighted by Crippen LogP contribution is 2.38. The minimum Gasteiger partial charge on any atom is -0.404 e. The lowest BCUT2D eigenvalue weighted by Crippen LogP contribution is -2.45. The van der Waals surface area contributed by atoms with Gasteiger partial charge in [-0.05, 0) is 61.2 Å². The van der Waals surface area contributed by atoms with Crippen molar-refractivity contribution in [2.75, 3.05) is 17.8 Å². The summed E-state index contributed by atoms with van der Waals surface area (Å²) in [5.74, 6) is -0.987. The van der Waals surface area contributed by atoms with Crippen LogP contribution in [-0.4, -0.2) is 40.3 Å². The molecule has 0 unspecified atom stereocenters. The molecule has 0 radical (unpaired) electrons. The summed E-state index contributed by atoms with van der Waals surface area (Å²) in [5.41, 5.74) is 0.188. The highest BCUT2D eigenvalue weighted by atomic mass is 35.5. The number of likely N-dealkylation sites (tertiary alicyclic amines) is 1. The minimum absolute atomic E-state index is 0.0415. The Kier molecular flexibility index (Phi) is 7.61. The van der Waals surface area contributed by atoms with Crippen LogP contribution >= 0.6 is 23.5 Å². The Morgan fingerprint density at radius 2 is 1.79 bits per heavy atom. The smallest absolute Gasteiger partial charge is 0.404 e. The molecule has 2 heterocycles. The number of para-hydroxylation sites is 1. The zero-order chi connectivity index (χ0) is 27.6. The minimum atomic E-state index is -4.96. The van der Waals surface area contributed by atoms with Crippen LogP contribution in [0.15, 0.2) is 83.9 Å². The normalized spacial score (nSPS) is 15.3. The SMILES string of the molecule is O=C(c1ccc(NSc2cccc3cccnc23)c(OC(F)(F)F)c1)N1CCC(O)(c2ccccc2Cl)CC1. The monoisotopic (exact) mass is 573 g/mol. The Morgan fingerprint density at radius 1 is 1.05 bits per heavy atom. The Balaban J connectivity index is 1.34. The predicted molar refractivity (Wildman–Crippen MR) is 145 cm³/mol. The molecule has 0 saturated carbocycles. The van der Waals surface area contributed by atoms with Crippen molar-refractivity contribution in [3.63, 3.8) is 0 Å². The number of fused-ring (bicyclic) bond motifs is 1. The lowest BCUT2D eigenvalue weighted by molar-refractivity contribution is -0.274. The van der Waals surface area contributed by atoms with Gasteiger partial charge in [0.2, 0.25) is 0 Å². The van der Waals surface area contributed by atoms with Crippen molar-refractivity contribution in [2.45, 2.75) is 29.7 Å². The number of piperidine rings is 1. The first-order valence-electron chi connectivity index (χ1n) is 12.1. The van der Waals surface area contributed by atoms with Crippen LogP contribution < -0.4 is 9.46 Å². The first-order chi connectivity index (χ1) is 18.6. The van der Waals surface area contributed by atoms with Crippen LogP contribution in [0.2, 0.25) is 5.02 Å². The van der Waals surface area contributed by atoms with E-state index in [1.807, 2.05) is 18.2 Å². The van der Waals surface area contributed by atoms with Gasteiger partial charge in [-0.15, -0.1) is 13.2 Å². The van der Waals surface area contributed by atoms with Crippen LogP contribution in [0.25, 0.3) is 10.9 Å². The number of ether oxygens (including phenoxy) is 1. The van der Waals surface area contributed by atoms with E-state index < -0.39 is 23.6 Å². The van der Waals surface area contributed by atoms with Crippen molar-refractivity contribution in [1.29, 1.82) is 0 Å². The summed E-state index contributed by atoms with van der Waals surface area (Å²) in [6.07, 6.45) is -2.84. The number of nitrogens with zero attached hydrogens (tertiary/aromatic N) is 2. The van der Waals surface area contributed by atoms with Gasteiger partial charge in [0.1, 0.15) is 0 Å². The molecule has 39 heavy (non-hydrogen) atoms. The third-order valence-corrected chi connectivity index (χ3v) is 7.77. The number of carbonyl (C=O) groups is 1. The van der Waals surface area contributed by atoms with Crippen LogP contribution in [0.5, 0.6) is 5.75 Å². The molecule has 1 amide bonds.